The zero-order valence-electron chi connectivity index (χ0n) is 8.93. The predicted molar refractivity (Wildman–Crippen MR) is 54.9 cm³/mol. The maximum atomic E-state index is 13.3. The minimum atomic E-state index is -2.93. The summed E-state index contributed by atoms with van der Waals surface area (Å²) < 4.78 is 37.2. The standard InChI is InChI=1S/C11H13F2NO2/c1-11(12,13)8-5-10-9(4-7(8)6-14)15-2-3-16-10/h4-5H,2-3,6,14H2,1H3. The first-order chi connectivity index (χ1) is 7.52. The molecule has 1 aromatic rings. The molecule has 0 fully saturated rings. The molecular formula is C11H13F2NO2. The third-order valence-electron chi connectivity index (χ3n) is 2.46. The highest BCUT2D eigenvalue weighted by Crippen LogP contribution is 2.39. The predicted octanol–water partition coefficient (Wildman–Crippen LogP) is 2.03. The van der Waals surface area contributed by atoms with Crippen LogP contribution in [0.4, 0.5) is 8.78 Å². The molecule has 2 N–H and O–H groups in total. The molecule has 2 rings (SSSR count). The first-order valence-corrected chi connectivity index (χ1v) is 5.03. The Balaban J connectivity index is 2.52. The molecule has 0 amide bonds. The number of halogens is 2. The van der Waals surface area contributed by atoms with Crippen molar-refractivity contribution in [3.63, 3.8) is 0 Å². The van der Waals surface area contributed by atoms with Crippen molar-refractivity contribution in [3.8, 4) is 11.5 Å². The van der Waals surface area contributed by atoms with Gasteiger partial charge in [0, 0.05) is 19.0 Å². The van der Waals surface area contributed by atoms with Crippen molar-refractivity contribution in [1.82, 2.24) is 0 Å². The lowest BCUT2D eigenvalue weighted by molar-refractivity contribution is 0.0160. The molecule has 3 nitrogen and oxygen atoms in total. The number of nitrogens with two attached hydrogens (primary N) is 1. The summed E-state index contributed by atoms with van der Waals surface area (Å²) in [5.41, 5.74) is 5.74. The van der Waals surface area contributed by atoms with Crippen molar-refractivity contribution >= 4 is 0 Å². The summed E-state index contributed by atoms with van der Waals surface area (Å²) in [7, 11) is 0. The van der Waals surface area contributed by atoms with E-state index in [-0.39, 0.29) is 12.1 Å². The maximum absolute atomic E-state index is 13.3. The van der Waals surface area contributed by atoms with Crippen molar-refractivity contribution in [2.24, 2.45) is 5.73 Å². The highest BCUT2D eigenvalue weighted by atomic mass is 19.3. The van der Waals surface area contributed by atoms with E-state index < -0.39 is 5.92 Å². The molecule has 1 aliphatic rings. The Hall–Kier alpha value is -1.36. The molecule has 16 heavy (non-hydrogen) atoms. The molecule has 0 spiro atoms. The van der Waals surface area contributed by atoms with E-state index in [1.165, 1.54) is 12.1 Å². The Bertz CT molecular complexity index is 402. The van der Waals surface area contributed by atoms with Gasteiger partial charge in [0.25, 0.3) is 5.92 Å². The van der Waals surface area contributed by atoms with Crippen molar-refractivity contribution < 1.29 is 18.3 Å². The van der Waals surface area contributed by atoms with Gasteiger partial charge in [-0.1, -0.05) is 0 Å². The zero-order valence-corrected chi connectivity index (χ0v) is 8.93. The van der Waals surface area contributed by atoms with Crippen molar-refractivity contribution in [2.45, 2.75) is 19.4 Å². The van der Waals surface area contributed by atoms with Crippen LogP contribution in [0.3, 0.4) is 0 Å². The van der Waals surface area contributed by atoms with Crippen LogP contribution in [0.15, 0.2) is 12.1 Å². The van der Waals surface area contributed by atoms with Crippen LogP contribution >= 0.6 is 0 Å². The minimum Gasteiger partial charge on any atom is -0.486 e. The lowest BCUT2D eigenvalue weighted by atomic mass is 10.0. The number of hydrogen-bond donors (Lipinski definition) is 1. The van der Waals surface area contributed by atoms with Gasteiger partial charge in [-0.15, -0.1) is 0 Å². The number of hydrogen-bond acceptors (Lipinski definition) is 3. The fourth-order valence-electron chi connectivity index (χ4n) is 1.71. The van der Waals surface area contributed by atoms with Crippen LogP contribution in [0.25, 0.3) is 0 Å². The summed E-state index contributed by atoms with van der Waals surface area (Å²) in [6.07, 6.45) is 0. The number of rotatable bonds is 2. The third kappa shape index (κ3) is 1.95. The van der Waals surface area contributed by atoms with Gasteiger partial charge in [0.15, 0.2) is 11.5 Å². The molecule has 88 valence electrons. The number of alkyl halides is 2. The molecule has 0 unspecified atom stereocenters. The Morgan fingerprint density at radius 1 is 1.25 bits per heavy atom. The molecule has 0 saturated carbocycles. The molecule has 0 saturated heterocycles. The van der Waals surface area contributed by atoms with Gasteiger partial charge in [-0.3, -0.25) is 0 Å². The van der Waals surface area contributed by atoms with Crippen LogP contribution in [0.2, 0.25) is 0 Å². The van der Waals surface area contributed by atoms with Crippen molar-refractivity contribution in [3.05, 3.63) is 23.3 Å². The smallest absolute Gasteiger partial charge is 0.270 e. The summed E-state index contributed by atoms with van der Waals surface area (Å²) >= 11 is 0. The van der Waals surface area contributed by atoms with Crippen LogP contribution in [0.1, 0.15) is 18.1 Å². The first kappa shape index (κ1) is 11.1. The van der Waals surface area contributed by atoms with E-state index in [0.29, 0.717) is 30.3 Å². The Morgan fingerprint density at radius 3 is 2.31 bits per heavy atom. The molecule has 0 radical (unpaired) electrons. The molecule has 0 aliphatic carbocycles. The molecule has 0 atom stereocenters. The van der Waals surface area contributed by atoms with Gasteiger partial charge >= 0.3 is 0 Å². The average Bonchev–Trinajstić information content (AvgIpc) is 2.26. The largest absolute Gasteiger partial charge is 0.486 e. The lowest BCUT2D eigenvalue weighted by Crippen LogP contribution is -2.19. The Kier molecular flexibility index (Phi) is 2.71. The quantitative estimate of drug-likeness (QED) is 0.843. The van der Waals surface area contributed by atoms with Gasteiger partial charge in [0.2, 0.25) is 0 Å². The lowest BCUT2D eigenvalue weighted by Gasteiger charge is -2.22. The van der Waals surface area contributed by atoms with Gasteiger partial charge in [-0.25, -0.2) is 8.78 Å². The fraction of sp³-hybridized carbons (Fsp3) is 0.455. The zero-order chi connectivity index (χ0) is 11.8. The van der Waals surface area contributed by atoms with Crippen molar-refractivity contribution in [1.29, 1.82) is 0 Å². The second-order valence-corrected chi connectivity index (χ2v) is 3.75. The number of fused-ring (bicyclic) bond motifs is 1. The Labute approximate surface area is 92.1 Å². The van der Waals surface area contributed by atoms with Gasteiger partial charge in [0.05, 0.1) is 0 Å². The maximum Gasteiger partial charge on any atom is 0.270 e. The monoisotopic (exact) mass is 229 g/mol. The Morgan fingerprint density at radius 2 is 1.81 bits per heavy atom. The topological polar surface area (TPSA) is 44.5 Å². The third-order valence-corrected chi connectivity index (χ3v) is 2.46. The number of benzene rings is 1. The van der Waals surface area contributed by atoms with E-state index in [0.717, 1.165) is 6.92 Å². The average molecular weight is 229 g/mol. The summed E-state index contributed by atoms with van der Waals surface area (Å²) in [6.45, 7) is 1.70. The van der Waals surface area contributed by atoms with E-state index in [4.69, 9.17) is 15.2 Å². The van der Waals surface area contributed by atoms with Crippen molar-refractivity contribution in [2.75, 3.05) is 13.2 Å². The normalized spacial score (nSPS) is 15.0. The van der Waals surface area contributed by atoms with Crippen LogP contribution < -0.4 is 15.2 Å². The first-order valence-electron chi connectivity index (χ1n) is 5.03. The summed E-state index contributed by atoms with van der Waals surface area (Å²) in [4.78, 5) is 0. The van der Waals surface area contributed by atoms with Crippen LogP contribution in [-0.2, 0) is 12.5 Å². The summed E-state index contributed by atoms with van der Waals surface area (Å²) in [6, 6.07) is 2.85. The van der Waals surface area contributed by atoms with Crippen LogP contribution in [0.5, 0.6) is 11.5 Å². The van der Waals surface area contributed by atoms with Crippen LogP contribution in [0, 0.1) is 0 Å². The molecule has 0 bridgehead atoms. The number of ether oxygens (including phenoxy) is 2. The van der Waals surface area contributed by atoms with Crippen LogP contribution in [-0.4, -0.2) is 13.2 Å². The summed E-state index contributed by atoms with van der Waals surface area (Å²) in [5, 5.41) is 0. The van der Waals surface area contributed by atoms with Gasteiger partial charge in [0.1, 0.15) is 13.2 Å². The van der Waals surface area contributed by atoms with E-state index >= 15 is 0 Å². The highest BCUT2D eigenvalue weighted by molar-refractivity contribution is 5.49. The van der Waals surface area contributed by atoms with E-state index in [1.54, 1.807) is 0 Å². The second-order valence-electron chi connectivity index (χ2n) is 3.75. The molecular weight excluding hydrogens is 216 g/mol. The molecule has 5 heteroatoms. The van der Waals surface area contributed by atoms with E-state index in [1.807, 2.05) is 0 Å². The van der Waals surface area contributed by atoms with E-state index in [2.05, 4.69) is 0 Å². The second kappa shape index (κ2) is 3.90. The SMILES string of the molecule is CC(F)(F)c1cc2c(cc1CN)OCCO2. The minimum absolute atomic E-state index is 0.0510. The summed E-state index contributed by atoms with van der Waals surface area (Å²) in [5.74, 6) is -2.08. The fourth-order valence-corrected chi connectivity index (χ4v) is 1.71. The van der Waals surface area contributed by atoms with E-state index in [9.17, 15) is 8.78 Å². The van der Waals surface area contributed by atoms with Gasteiger partial charge < -0.3 is 15.2 Å². The van der Waals surface area contributed by atoms with Gasteiger partial charge in [-0.05, 0) is 17.7 Å². The molecule has 1 aliphatic heterocycles. The molecule has 1 heterocycles. The molecule has 0 aromatic heterocycles. The molecule has 1 aromatic carbocycles. The highest BCUT2D eigenvalue weighted by Gasteiger charge is 2.29. The van der Waals surface area contributed by atoms with Gasteiger partial charge in [-0.2, -0.15) is 0 Å².